The van der Waals surface area contributed by atoms with Crippen LogP contribution in [-0.2, 0) is 11.2 Å². The van der Waals surface area contributed by atoms with Crippen molar-refractivity contribution in [2.75, 3.05) is 0 Å². The third kappa shape index (κ3) is 2.00. The number of aromatic nitrogens is 2. The van der Waals surface area contributed by atoms with Gasteiger partial charge in [0.05, 0.1) is 6.42 Å². The van der Waals surface area contributed by atoms with Crippen LogP contribution in [0.2, 0.25) is 0 Å². The predicted octanol–water partition coefficient (Wildman–Crippen LogP) is 0.425. The third-order valence-electron chi connectivity index (χ3n) is 2.00. The van der Waals surface area contributed by atoms with E-state index in [2.05, 4.69) is 4.98 Å². The number of nitrogens with zero attached hydrogens (tertiary/aromatic N) is 1. The van der Waals surface area contributed by atoms with Gasteiger partial charge in [-0.3, -0.25) is 0 Å². The van der Waals surface area contributed by atoms with Gasteiger partial charge < -0.3 is 20.0 Å². The molecule has 0 amide bonds. The highest BCUT2D eigenvalue weighted by molar-refractivity contribution is 5.72. The fraction of sp³-hybridized carbons (Fsp3) is 0.100. The van der Waals surface area contributed by atoms with Crippen LogP contribution in [0.25, 0.3) is 0 Å². The third-order valence-corrected chi connectivity index (χ3v) is 2.00. The SMILES string of the molecule is O=C(Cc1cc[nH]c1)On1c(O)ccc1O. The van der Waals surface area contributed by atoms with Crippen LogP contribution in [0.1, 0.15) is 5.56 Å². The molecule has 3 N–H and O–H groups in total. The van der Waals surface area contributed by atoms with Crippen molar-refractivity contribution in [3.05, 3.63) is 36.2 Å². The topological polar surface area (TPSA) is 87.5 Å². The second-order valence-electron chi connectivity index (χ2n) is 3.20. The van der Waals surface area contributed by atoms with Crippen molar-refractivity contribution in [3.63, 3.8) is 0 Å². The predicted molar refractivity (Wildman–Crippen MR) is 53.8 cm³/mol. The summed E-state index contributed by atoms with van der Waals surface area (Å²) in [7, 11) is 0. The van der Waals surface area contributed by atoms with E-state index in [9.17, 15) is 15.0 Å². The molecular formula is C10H10N2O4. The Morgan fingerprint density at radius 3 is 2.56 bits per heavy atom. The zero-order chi connectivity index (χ0) is 11.5. The standard InChI is InChI=1S/C10H10N2O4/c13-8-1-2-9(14)12(8)16-10(15)5-7-3-4-11-6-7/h1-4,6,11,13-14H,5H2. The Morgan fingerprint density at radius 1 is 1.31 bits per heavy atom. The molecule has 2 aromatic heterocycles. The summed E-state index contributed by atoms with van der Waals surface area (Å²) in [5.41, 5.74) is 0.760. The molecule has 2 heterocycles. The van der Waals surface area contributed by atoms with Crippen LogP contribution in [0.4, 0.5) is 0 Å². The van der Waals surface area contributed by atoms with Crippen molar-refractivity contribution in [3.8, 4) is 11.8 Å². The number of nitrogens with one attached hydrogen (secondary N) is 1. The van der Waals surface area contributed by atoms with Gasteiger partial charge in [0.25, 0.3) is 0 Å². The maximum absolute atomic E-state index is 11.4. The molecule has 2 aromatic rings. The van der Waals surface area contributed by atoms with E-state index in [1.807, 2.05) is 0 Å². The molecule has 0 saturated carbocycles. The van der Waals surface area contributed by atoms with Crippen LogP contribution in [0, 0.1) is 0 Å². The smallest absolute Gasteiger partial charge is 0.337 e. The van der Waals surface area contributed by atoms with Gasteiger partial charge in [-0.1, -0.05) is 0 Å². The molecule has 6 heteroatoms. The van der Waals surface area contributed by atoms with Gasteiger partial charge in [0.1, 0.15) is 0 Å². The highest BCUT2D eigenvalue weighted by Crippen LogP contribution is 2.18. The van der Waals surface area contributed by atoms with E-state index in [1.165, 1.54) is 12.1 Å². The first-order valence-electron chi connectivity index (χ1n) is 4.59. The monoisotopic (exact) mass is 222 g/mol. The van der Waals surface area contributed by atoms with Crippen LogP contribution in [0.5, 0.6) is 11.8 Å². The highest BCUT2D eigenvalue weighted by atomic mass is 16.7. The van der Waals surface area contributed by atoms with E-state index in [1.54, 1.807) is 18.5 Å². The molecule has 2 rings (SSSR count). The lowest BCUT2D eigenvalue weighted by molar-refractivity contribution is -0.144. The van der Waals surface area contributed by atoms with Crippen LogP contribution < -0.4 is 4.84 Å². The quantitative estimate of drug-likeness (QED) is 0.702. The summed E-state index contributed by atoms with van der Waals surface area (Å²) in [6.45, 7) is 0. The summed E-state index contributed by atoms with van der Waals surface area (Å²) < 4.78 is 0.662. The minimum atomic E-state index is -0.582. The number of hydrogen-bond acceptors (Lipinski definition) is 4. The van der Waals surface area contributed by atoms with Crippen molar-refractivity contribution >= 4 is 5.97 Å². The van der Waals surface area contributed by atoms with E-state index in [4.69, 9.17) is 4.84 Å². The van der Waals surface area contributed by atoms with Gasteiger partial charge in [0, 0.05) is 24.5 Å². The summed E-state index contributed by atoms with van der Waals surface area (Å²) in [5.74, 6) is -1.25. The molecule has 84 valence electrons. The summed E-state index contributed by atoms with van der Waals surface area (Å²) in [4.78, 5) is 19.0. The Kier molecular flexibility index (Phi) is 2.55. The summed E-state index contributed by atoms with van der Waals surface area (Å²) >= 11 is 0. The fourth-order valence-electron chi connectivity index (χ4n) is 1.26. The van der Waals surface area contributed by atoms with Gasteiger partial charge in [0.2, 0.25) is 11.8 Å². The van der Waals surface area contributed by atoms with Gasteiger partial charge in [-0.15, -0.1) is 4.73 Å². The highest BCUT2D eigenvalue weighted by Gasteiger charge is 2.12. The van der Waals surface area contributed by atoms with E-state index in [0.29, 0.717) is 4.73 Å². The average molecular weight is 222 g/mol. The summed E-state index contributed by atoms with van der Waals surface area (Å²) in [6, 6.07) is 4.18. The molecule has 0 radical (unpaired) electrons. The van der Waals surface area contributed by atoms with Crippen LogP contribution in [0.15, 0.2) is 30.6 Å². The largest absolute Gasteiger partial charge is 0.492 e. The lowest BCUT2D eigenvalue weighted by Gasteiger charge is -2.05. The minimum absolute atomic E-state index is 0.0561. The molecule has 0 spiro atoms. The Bertz CT molecular complexity index is 467. The number of carbonyl (C=O) groups excluding carboxylic acids is 1. The van der Waals surface area contributed by atoms with Crippen molar-refractivity contribution in [2.24, 2.45) is 0 Å². The molecule has 16 heavy (non-hydrogen) atoms. The Hall–Kier alpha value is -2.37. The first kappa shape index (κ1) is 10.2. The van der Waals surface area contributed by atoms with E-state index in [0.717, 1.165) is 5.56 Å². The first-order valence-corrected chi connectivity index (χ1v) is 4.59. The molecule has 0 unspecified atom stereocenters. The van der Waals surface area contributed by atoms with E-state index < -0.39 is 5.97 Å². The molecule has 0 aromatic carbocycles. The number of rotatable bonds is 3. The van der Waals surface area contributed by atoms with Gasteiger partial charge in [-0.25, -0.2) is 4.79 Å². The van der Waals surface area contributed by atoms with Gasteiger partial charge in [-0.05, 0) is 11.6 Å². The molecule has 0 aliphatic carbocycles. The van der Waals surface area contributed by atoms with Crippen LogP contribution in [0.3, 0.4) is 0 Å². The van der Waals surface area contributed by atoms with E-state index >= 15 is 0 Å². The fourth-order valence-corrected chi connectivity index (χ4v) is 1.26. The van der Waals surface area contributed by atoms with Gasteiger partial charge >= 0.3 is 5.97 Å². The summed E-state index contributed by atoms with van der Waals surface area (Å²) in [6.07, 6.45) is 3.41. The zero-order valence-corrected chi connectivity index (χ0v) is 8.25. The maximum Gasteiger partial charge on any atom is 0.337 e. The van der Waals surface area contributed by atoms with Crippen LogP contribution in [-0.4, -0.2) is 25.9 Å². The lowest BCUT2D eigenvalue weighted by Crippen LogP contribution is -2.20. The van der Waals surface area contributed by atoms with Gasteiger partial charge in [0.15, 0.2) is 0 Å². The molecular weight excluding hydrogens is 212 g/mol. The molecule has 6 nitrogen and oxygen atoms in total. The maximum atomic E-state index is 11.4. The molecule has 0 aliphatic heterocycles. The van der Waals surface area contributed by atoms with Crippen molar-refractivity contribution in [2.45, 2.75) is 6.42 Å². The van der Waals surface area contributed by atoms with E-state index in [-0.39, 0.29) is 18.2 Å². The Morgan fingerprint density at radius 2 is 2.00 bits per heavy atom. The lowest BCUT2D eigenvalue weighted by atomic mass is 10.2. The number of aromatic hydroxyl groups is 2. The normalized spacial score (nSPS) is 10.2. The van der Waals surface area contributed by atoms with Crippen molar-refractivity contribution in [1.29, 1.82) is 0 Å². The zero-order valence-electron chi connectivity index (χ0n) is 8.25. The minimum Gasteiger partial charge on any atom is -0.492 e. The second kappa shape index (κ2) is 4.01. The Labute approximate surface area is 90.7 Å². The second-order valence-corrected chi connectivity index (χ2v) is 3.20. The van der Waals surface area contributed by atoms with Crippen molar-refractivity contribution in [1.82, 2.24) is 9.71 Å². The first-order chi connectivity index (χ1) is 7.66. The summed E-state index contributed by atoms with van der Waals surface area (Å²) in [5, 5.41) is 18.5. The average Bonchev–Trinajstić information content (AvgIpc) is 2.83. The Balaban J connectivity index is 2.03. The molecule has 0 saturated heterocycles. The molecule has 0 aliphatic rings. The van der Waals surface area contributed by atoms with Crippen LogP contribution >= 0.6 is 0 Å². The number of carbonyl (C=O) groups is 1. The molecule has 0 atom stereocenters. The van der Waals surface area contributed by atoms with Gasteiger partial charge in [-0.2, -0.15) is 0 Å². The molecule has 0 bridgehead atoms. The number of hydrogen-bond donors (Lipinski definition) is 3. The number of H-pyrrole nitrogens is 1. The van der Waals surface area contributed by atoms with Crippen molar-refractivity contribution < 1.29 is 19.8 Å². The number of aromatic amines is 1. The molecule has 0 fully saturated rings.